The van der Waals surface area contributed by atoms with Gasteiger partial charge in [0.1, 0.15) is 0 Å². The van der Waals surface area contributed by atoms with Crippen LogP contribution in [0.1, 0.15) is 137 Å². The van der Waals surface area contributed by atoms with Crippen LogP contribution in [-0.4, -0.2) is 0 Å². The lowest BCUT2D eigenvalue weighted by atomic mass is 9.71. The number of nitrogens with zero attached hydrogens (tertiary/aromatic N) is 2. The summed E-state index contributed by atoms with van der Waals surface area (Å²) in [5.74, 6) is 0. The van der Waals surface area contributed by atoms with Crippen molar-refractivity contribution in [3.63, 3.8) is 0 Å². The van der Waals surface area contributed by atoms with Gasteiger partial charge in [0.2, 0.25) is 0 Å². The number of benzene rings is 9. The highest BCUT2D eigenvalue weighted by molar-refractivity contribution is 5.94. The minimum Gasteiger partial charge on any atom is -0.310 e. The number of rotatable bonds is 5. The maximum atomic E-state index is 2.53. The predicted molar refractivity (Wildman–Crippen MR) is 315 cm³/mol. The van der Waals surface area contributed by atoms with Crippen molar-refractivity contribution < 1.29 is 0 Å². The molecule has 9 aromatic carbocycles. The third-order valence-corrected chi connectivity index (χ3v) is 17.8. The van der Waals surface area contributed by atoms with Crippen LogP contribution in [0.5, 0.6) is 0 Å². The van der Waals surface area contributed by atoms with Crippen LogP contribution >= 0.6 is 0 Å². The van der Waals surface area contributed by atoms with E-state index in [1.807, 2.05) is 0 Å². The normalized spacial score (nSPS) is 16.6. The molecule has 364 valence electrons. The molecule has 0 radical (unpaired) electrons. The van der Waals surface area contributed by atoms with Crippen molar-refractivity contribution in [2.75, 3.05) is 9.80 Å². The van der Waals surface area contributed by atoms with Crippen molar-refractivity contribution in [3.05, 3.63) is 249 Å². The second-order valence-electron chi connectivity index (χ2n) is 24.7. The van der Waals surface area contributed by atoms with Crippen LogP contribution in [0, 0.1) is 0 Å². The minimum atomic E-state index is -0.183. The molecule has 4 aliphatic rings. The fraction of sp³-hybridized carbons (Fsp3) is 0.222. The average Bonchev–Trinajstić information content (AvgIpc) is 3.76. The van der Waals surface area contributed by atoms with E-state index in [1.54, 1.807) is 0 Å². The molecule has 2 aliphatic carbocycles. The molecule has 0 fully saturated rings. The summed E-state index contributed by atoms with van der Waals surface area (Å²) in [5, 5.41) is 0. The van der Waals surface area contributed by atoms with Crippen molar-refractivity contribution in [1.82, 2.24) is 0 Å². The van der Waals surface area contributed by atoms with E-state index in [1.165, 1.54) is 129 Å². The quantitative estimate of drug-likeness (QED) is 0.159. The number of hydrogen-bond acceptors (Lipinski definition) is 2. The summed E-state index contributed by atoms with van der Waals surface area (Å²) in [4.78, 5) is 4.99. The van der Waals surface area contributed by atoms with E-state index >= 15 is 0 Å². The number of hydrogen-bond donors (Lipinski definition) is 0. The molecule has 0 spiro atoms. The lowest BCUT2D eigenvalue weighted by Crippen LogP contribution is -2.31. The highest BCUT2D eigenvalue weighted by atomic mass is 15.2. The summed E-state index contributed by atoms with van der Waals surface area (Å²) in [5.41, 5.74) is 29.5. The molecule has 13 rings (SSSR count). The van der Waals surface area contributed by atoms with Crippen LogP contribution < -0.4 is 9.80 Å². The van der Waals surface area contributed by atoms with Crippen molar-refractivity contribution in [2.24, 2.45) is 0 Å². The molecule has 0 N–H and O–H groups in total. The van der Waals surface area contributed by atoms with Gasteiger partial charge in [-0.05, 0) is 167 Å². The van der Waals surface area contributed by atoms with Gasteiger partial charge >= 0.3 is 0 Å². The molecule has 0 unspecified atom stereocenters. The van der Waals surface area contributed by atoms with Crippen LogP contribution in [0.3, 0.4) is 0 Å². The Balaban J connectivity index is 0.792. The molecular formula is C72H66N2. The molecule has 2 nitrogen and oxygen atoms in total. The molecule has 0 saturated carbocycles. The first-order chi connectivity index (χ1) is 35.3. The van der Waals surface area contributed by atoms with Gasteiger partial charge < -0.3 is 9.80 Å². The van der Waals surface area contributed by atoms with Crippen molar-refractivity contribution in [1.29, 1.82) is 0 Å². The van der Waals surface area contributed by atoms with Crippen molar-refractivity contribution in [2.45, 2.75) is 103 Å². The fourth-order valence-corrected chi connectivity index (χ4v) is 13.4. The molecule has 0 amide bonds. The molecule has 0 bridgehead atoms. The monoisotopic (exact) mass is 959 g/mol. The number of anilines is 6. The topological polar surface area (TPSA) is 6.48 Å². The Morgan fingerprint density at radius 2 is 0.730 bits per heavy atom. The fourth-order valence-electron chi connectivity index (χ4n) is 13.4. The Morgan fingerprint density at radius 3 is 1.27 bits per heavy atom. The van der Waals surface area contributed by atoms with Crippen molar-refractivity contribution in [3.8, 4) is 33.4 Å². The molecule has 74 heavy (non-hydrogen) atoms. The van der Waals surface area contributed by atoms with Crippen LogP contribution in [0.2, 0.25) is 0 Å². The van der Waals surface area contributed by atoms with Gasteiger partial charge in [-0.1, -0.05) is 210 Å². The van der Waals surface area contributed by atoms with E-state index in [2.05, 4.69) is 286 Å². The van der Waals surface area contributed by atoms with Gasteiger partial charge in [-0.15, -0.1) is 0 Å². The molecular weight excluding hydrogens is 893 g/mol. The Hall–Kier alpha value is -7.68. The highest BCUT2D eigenvalue weighted by Crippen LogP contribution is 2.60. The first-order valence-electron chi connectivity index (χ1n) is 26.7. The van der Waals surface area contributed by atoms with E-state index < -0.39 is 0 Å². The van der Waals surface area contributed by atoms with E-state index in [9.17, 15) is 0 Å². The smallest absolute Gasteiger partial charge is 0.0506 e. The molecule has 2 heteroatoms. The summed E-state index contributed by atoms with van der Waals surface area (Å²) in [6, 6.07) is 71.5. The number of para-hydroxylation sites is 3. The zero-order chi connectivity index (χ0) is 51.3. The standard InChI is InChI=1S/C72H66N2/c1-68(2,3)49-33-35-51(36-34-49)74-65-24-18-16-22-57(65)70(6,7)63-42-55-53-38-32-48(40-59(53)72(10,11)61(55)44-67(63)74)47-30-27-45(28-31-47)25-26-46-29-37-52-54-41-62-66(43-60(54)71(8,9)58(52)39-46)73(50-19-13-12-14-20-50)64-23-17-15-21-56(64)69(62,4)5/h12-44H,1-11H3/b26-25+. The predicted octanol–water partition coefficient (Wildman–Crippen LogP) is 19.7. The van der Waals surface area contributed by atoms with Gasteiger partial charge in [-0.25, -0.2) is 0 Å². The first kappa shape index (κ1) is 46.1. The SMILES string of the molecule is CC(C)(C)c1ccc(N2c3ccccc3C(C)(C)c3cc4c(cc32)C(C)(C)c2cc(-c3ccc(/C=C/c5ccc6c(c5)C(C)(C)c5cc7c(cc5-6)C(C)(C)c5ccccc5N7c5ccccc5)cc3)ccc2-4)cc1. The maximum Gasteiger partial charge on any atom is 0.0506 e. The van der Waals surface area contributed by atoms with Crippen LogP contribution in [0.25, 0.3) is 45.5 Å². The van der Waals surface area contributed by atoms with Crippen LogP contribution in [0.4, 0.5) is 34.1 Å². The first-order valence-corrected chi connectivity index (χ1v) is 26.7. The summed E-state index contributed by atoms with van der Waals surface area (Å²) < 4.78 is 0. The van der Waals surface area contributed by atoms with Gasteiger partial charge in [0.05, 0.1) is 22.7 Å². The zero-order valence-corrected chi connectivity index (χ0v) is 44.9. The molecule has 0 saturated heterocycles. The Labute approximate surface area is 439 Å². The van der Waals surface area contributed by atoms with Gasteiger partial charge in [0.15, 0.2) is 0 Å². The molecule has 9 aromatic rings. The van der Waals surface area contributed by atoms with E-state index in [4.69, 9.17) is 0 Å². The second kappa shape index (κ2) is 15.9. The Bertz CT molecular complexity index is 3800. The minimum absolute atomic E-state index is 0.0877. The molecule has 0 aromatic heterocycles. The highest BCUT2D eigenvalue weighted by Gasteiger charge is 2.44. The largest absolute Gasteiger partial charge is 0.310 e. The van der Waals surface area contributed by atoms with E-state index in [0.717, 1.165) is 0 Å². The van der Waals surface area contributed by atoms with Gasteiger partial charge in [-0.3, -0.25) is 0 Å². The zero-order valence-electron chi connectivity index (χ0n) is 44.9. The number of fused-ring (bicyclic) bond motifs is 10. The lowest BCUT2D eigenvalue weighted by molar-refractivity contribution is 0.590. The van der Waals surface area contributed by atoms with E-state index in [-0.39, 0.29) is 27.1 Å². The van der Waals surface area contributed by atoms with Crippen molar-refractivity contribution >= 4 is 46.3 Å². The van der Waals surface area contributed by atoms with Crippen LogP contribution in [0.15, 0.2) is 188 Å². The summed E-state index contributed by atoms with van der Waals surface area (Å²) in [7, 11) is 0. The maximum absolute atomic E-state index is 2.53. The average molecular weight is 959 g/mol. The molecule has 2 heterocycles. The van der Waals surface area contributed by atoms with E-state index in [0.29, 0.717) is 0 Å². The Kier molecular flexibility index (Phi) is 9.92. The molecule has 2 aliphatic heterocycles. The summed E-state index contributed by atoms with van der Waals surface area (Å²) in [6.45, 7) is 26.1. The third-order valence-electron chi connectivity index (χ3n) is 17.8. The van der Waals surface area contributed by atoms with Gasteiger partial charge in [-0.2, -0.15) is 0 Å². The lowest BCUT2D eigenvalue weighted by Gasteiger charge is -2.43. The summed E-state index contributed by atoms with van der Waals surface area (Å²) in [6.07, 6.45) is 4.55. The Morgan fingerprint density at radius 1 is 0.311 bits per heavy atom. The van der Waals surface area contributed by atoms with Gasteiger partial charge in [0.25, 0.3) is 0 Å². The van der Waals surface area contributed by atoms with Gasteiger partial charge in [0, 0.05) is 33.0 Å². The third kappa shape index (κ3) is 6.76. The van der Waals surface area contributed by atoms with Crippen LogP contribution in [-0.2, 0) is 27.1 Å². The molecule has 0 atom stereocenters. The second-order valence-corrected chi connectivity index (χ2v) is 24.7. The summed E-state index contributed by atoms with van der Waals surface area (Å²) >= 11 is 0.